The van der Waals surface area contributed by atoms with Crippen molar-refractivity contribution >= 4 is 21.2 Å². The summed E-state index contributed by atoms with van der Waals surface area (Å²) in [6.45, 7) is -0.208. The van der Waals surface area contributed by atoms with E-state index in [4.69, 9.17) is 0 Å². The second kappa shape index (κ2) is 8.39. The first-order valence-corrected chi connectivity index (χ1v) is 11.7. The zero-order valence-corrected chi connectivity index (χ0v) is 18.1. The van der Waals surface area contributed by atoms with Crippen LogP contribution >= 0.6 is 0 Å². The van der Waals surface area contributed by atoms with Crippen molar-refractivity contribution < 1.29 is 21.9 Å². The van der Waals surface area contributed by atoms with Crippen LogP contribution in [-0.2, 0) is 16.4 Å². The van der Waals surface area contributed by atoms with E-state index < -0.39 is 16.6 Å². The molecule has 0 amide bonds. The van der Waals surface area contributed by atoms with Gasteiger partial charge in [-0.05, 0) is 42.7 Å². The predicted molar refractivity (Wildman–Crippen MR) is 115 cm³/mol. The van der Waals surface area contributed by atoms with Gasteiger partial charge in [0.15, 0.2) is 0 Å². The van der Waals surface area contributed by atoms with Crippen LogP contribution in [0.15, 0.2) is 48.7 Å². The first-order valence-electron chi connectivity index (χ1n) is 9.87. The van der Waals surface area contributed by atoms with Gasteiger partial charge in [0, 0.05) is 37.0 Å². The Labute approximate surface area is 179 Å². The quantitative estimate of drug-likeness (QED) is 0.575. The number of fused-ring (bicyclic) bond motifs is 1. The Bertz CT molecular complexity index is 1250. The van der Waals surface area contributed by atoms with E-state index in [1.165, 1.54) is 16.6 Å². The van der Waals surface area contributed by atoms with E-state index in [9.17, 15) is 17.2 Å². The number of nitrogens with zero attached hydrogens (tertiary/aromatic N) is 3. The maximum Gasteiger partial charge on any atom is 0.387 e. The van der Waals surface area contributed by atoms with E-state index in [-0.39, 0.29) is 5.75 Å². The molecule has 9 heteroatoms. The van der Waals surface area contributed by atoms with Gasteiger partial charge in [0.25, 0.3) is 0 Å². The highest BCUT2D eigenvalue weighted by Gasteiger charge is 2.21. The lowest BCUT2D eigenvalue weighted by atomic mass is 10.0. The van der Waals surface area contributed by atoms with Crippen LogP contribution in [0.1, 0.15) is 28.9 Å². The number of benzene rings is 1. The van der Waals surface area contributed by atoms with Crippen LogP contribution in [0, 0.1) is 6.92 Å². The fraction of sp³-hybridized carbons (Fsp3) is 0.318. The van der Waals surface area contributed by atoms with Gasteiger partial charge < -0.3 is 9.14 Å². The van der Waals surface area contributed by atoms with Crippen LogP contribution in [0.3, 0.4) is 0 Å². The number of ether oxygens (including phenoxy) is 1. The number of hydrogen-bond acceptors (Lipinski definition) is 4. The van der Waals surface area contributed by atoms with Crippen molar-refractivity contribution in [3.8, 4) is 5.75 Å². The molecule has 31 heavy (non-hydrogen) atoms. The monoisotopic (exact) mass is 447 g/mol. The van der Waals surface area contributed by atoms with Gasteiger partial charge in [-0.15, -0.1) is 0 Å². The van der Waals surface area contributed by atoms with Crippen LogP contribution in [0.4, 0.5) is 8.78 Å². The number of hydrogen-bond donors (Lipinski definition) is 0. The van der Waals surface area contributed by atoms with Crippen molar-refractivity contribution in [1.29, 1.82) is 0 Å². The van der Waals surface area contributed by atoms with E-state index in [0.29, 0.717) is 31.5 Å². The van der Waals surface area contributed by atoms with E-state index in [2.05, 4.69) is 9.72 Å². The van der Waals surface area contributed by atoms with Gasteiger partial charge in [-0.1, -0.05) is 24.3 Å². The van der Waals surface area contributed by atoms with Crippen molar-refractivity contribution in [1.82, 2.24) is 13.7 Å². The molecule has 0 unspecified atom stereocenters. The first kappa shape index (κ1) is 21.5. The molecular formula is C22H23F2N3O3S. The molecule has 0 aliphatic carbocycles. The fourth-order valence-electron chi connectivity index (χ4n) is 3.87. The molecule has 0 spiro atoms. The molecule has 4 rings (SSSR count). The second-order valence-corrected chi connectivity index (χ2v) is 9.54. The summed E-state index contributed by atoms with van der Waals surface area (Å²) >= 11 is 0. The van der Waals surface area contributed by atoms with E-state index in [1.807, 2.05) is 35.7 Å². The lowest BCUT2D eigenvalue weighted by Gasteiger charge is -2.24. The third kappa shape index (κ3) is 4.62. The Hall–Kier alpha value is -2.78. The van der Waals surface area contributed by atoms with Gasteiger partial charge in [0.1, 0.15) is 11.4 Å². The first-order chi connectivity index (χ1) is 14.7. The molecule has 164 valence electrons. The lowest BCUT2D eigenvalue weighted by molar-refractivity contribution is -0.0503. The molecule has 6 nitrogen and oxygen atoms in total. The third-order valence-corrected chi connectivity index (χ3v) is 6.75. The molecule has 2 aromatic heterocycles. The van der Waals surface area contributed by atoms with Gasteiger partial charge in [-0.3, -0.25) is 0 Å². The molecule has 0 radical (unpaired) electrons. The number of aryl methyl sites for hydroxylation is 1. The van der Waals surface area contributed by atoms with Crippen LogP contribution in [-0.4, -0.2) is 48.1 Å². The zero-order chi connectivity index (χ0) is 22.2. The number of pyridine rings is 1. The minimum absolute atomic E-state index is 0.152. The molecule has 3 heterocycles. The molecule has 0 atom stereocenters. The summed E-state index contributed by atoms with van der Waals surface area (Å²) < 4.78 is 57.2. The molecule has 1 aromatic carbocycles. The molecule has 3 aromatic rings. The van der Waals surface area contributed by atoms with Crippen molar-refractivity contribution in [2.45, 2.75) is 26.4 Å². The molecule has 1 aliphatic heterocycles. The van der Waals surface area contributed by atoms with Gasteiger partial charge in [-0.25, -0.2) is 13.4 Å². The number of imidazole rings is 1. The topological polar surface area (TPSA) is 63.9 Å². The Morgan fingerprint density at radius 3 is 2.65 bits per heavy atom. The van der Waals surface area contributed by atoms with Crippen LogP contribution in [0.2, 0.25) is 0 Å². The minimum Gasteiger partial charge on any atom is -0.435 e. The Morgan fingerprint density at radius 1 is 1.19 bits per heavy atom. The number of rotatable bonds is 6. The molecule has 0 saturated heterocycles. The molecule has 0 N–H and O–H groups in total. The molecular weight excluding hydrogens is 424 g/mol. The Kier molecular flexibility index (Phi) is 5.81. The van der Waals surface area contributed by atoms with E-state index in [0.717, 1.165) is 28.2 Å². The average molecular weight is 448 g/mol. The SMILES string of the molecule is Cc1nc2ccc(C3=CCN(S(C)(=O)=O)CC3)cn2c1Cc1ccccc1OC(F)F. The van der Waals surface area contributed by atoms with Crippen molar-refractivity contribution in [2.24, 2.45) is 0 Å². The van der Waals surface area contributed by atoms with Crippen molar-refractivity contribution in [2.75, 3.05) is 19.3 Å². The summed E-state index contributed by atoms with van der Waals surface area (Å²) in [7, 11) is -3.21. The van der Waals surface area contributed by atoms with Crippen LogP contribution in [0.5, 0.6) is 5.75 Å². The van der Waals surface area contributed by atoms with Gasteiger partial charge in [0.2, 0.25) is 10.0 Å². The molecule has 0 bridgehead atoms. The van der Waals surface area contributed by atoms with Crippen molar-refractivity contribution in [3.63, 3.8) is 0 Å². The summed E-state index contributed by atoms with van der Waals surface area (Å²) in [5, 5.41) is 0. The van der Waals surface area contributed by atoms with E-state index >= 15 is 0 Å². The van der Waals surface area contributed by atoms with Crippen molar-refractivity contribution in [3.05, 3.63) is 71.2 Å². The maximum atomic E-state index is 12.8. The molecule has 0 saturated carbocycles. The number of para-hydroxylation sites is 1. The van der Waals surface area contributed by atoms with Gasteiger partial charge >= 0.3 is 6.61 Å². The number of aromatic nitrogens is 2. The fourth-order valence-corrected chi connectivity index (χ4v) is 4.64. The van der Waals surface area contributed by atoms with Gasteiger partial charge in [0.05, 0.1) is 11.9 Å². The van der Waals surface area contributed by atoms with Crippen LogP contribution < -0.4 is 4.74 Å². The number of sulfonamides is 1. The lowest BCUT2D eigenvalue weighted by Crippen LogP contribution is -2.33. The maximum absolute atomic E-state index is 12.8. The third-order valence-electron chi connectivity index (χ3n) is 5.48. The zero-order valence-electron chi connectivity index (χ0n) is 17.3. The summed E-state index contributed by atoms with van der Waals surface area (Å²) in [5.74, 6) is 0.152. The Morgan fingerprint density at radius 2 is 1.97 bits per heavy atom. The Balaban J connectivity index is 1.68. The smallest absolute Gasteiger partial charge is 0.387 e. The largest absolute Gasteiger partial charge is 0.435 e. The summed E-state index contributed by atoms with van der Waals surface area (Å²) in [6.07, 6.45) is 6.13. The average Bonchev–Trinajstić information content (AvgIpc) is 3.03. The summed E-state index contributed by atoms with van der Waals surface area (Å²) in [5.41, 5.74) is 5.16. The summed E-state index contributed by atoms with van der Waals surface area (Å²) in [4.78, 5) is 4.60. The number of alkyl halides is 2. The second-order valence-electron chi connectivity index (χ2n) is 7.55. The highest BCUT2D eigenvalue weighted by atomic mass is 32.2. The van der Waals surface area contributed by atoms with E-state index in [1.54, 1.807) is 18.2 Å². The molecule has 1 aliphatic rings. The minimum atomic E-state index is -3.21. The predicted octanol–water partition coefficient (Wildman–Crippen LogP) is 3.88. The highest BCUT2D eigenvalue weighted by Crippen LogP contribution is 2.28. The summed E-state index contributed by atoms with van der Waals surface area (Å²) in [6, 6.07) is 10.6. The highest BCUT2D eigenvalue weighted by molar-refractivity contribution is 7.88. The molecule has 0 fully saturated rings. The number of halogens is 2. The van der Waals surface area contributed by atoms with Crippen LogP contribution in [0.25, 0.3) is 11.2 Å². The normalized spacial score (nSPS) is 15.5. The standard InChI is InChI=1S/C22H23F2N3O3S/c1-15-19(13-17-5-3-4-6-20(17)30-22(23)24)27-14-18(7-8-21(27)25-15)16-9-11-26(12-10-16)31(2,28)29/h3-9,14,22H,10-13H2,1-2H3. The van der Waals surface area contributed by atoms with Gasteiger partial charge in [-0.2, -0.15) is 13.1 Å².